The molecule has 11 heavy (non-hydrogen) atoms. The molecule has 0 aromatic carbocycles. The average molecular weight is 257 g/mol. The van der Waals surface area contributed by atoms with Gasteiger partial charge in [0.1, 0.15) is 0 Å². The Morgan fingerprint density at radius 1 is 1.00 bits per heavy atom. The van der Waals surface area contributed by atoms with E-state index < -0.39 is 15.6 Å². The van der Waals surface area contributed by atoms with E-state index in [0.717, 1.165) is 0 Å². The standard InChI is InChI=1S/Mn.Na.H4O7P2.H/c;;1-8(2,3)7-9(4,5)6;/h;;(H2,1,2,3)(H2,4,5,6);/q;+1;;-1. The van der Waals surface area contributed by atoms with E-state index in [2.05, 4.69) is 4.31 Å². The van der Waals surface area contributed by atoms with E-state index >= 15 is 0 Å². The molecule has 0 unspecified atom stereocenters. The summed E-state index contributed by atoms with van der Waals surface area (Å²) in [5.74, 6) is 0. The molecule has 0 saturated carbocycles. The Morgan fingerprint density at radius 3 is 1.18 bits per heavy atom. The minimum Gasteiger partial charge on any atom is -1.00 e. The topological polar surface area (TPSA) is 124 Å². The summed E-state index contributed by atoms with van der Waals surface area (Å²) in [4.78, 5) is 31.0. The fourth-order valence-corrected chi connectivity index (χ4v) is 1.25. The maximum atomic E-state index is 9.63. The first-order chi connectivity index (χ1) is 3.71. The fraction of sp³-hybridized carbons (Fsp3) is 0. The molecule has 0 aliphatic heterocycles. The van der Waals surface area contributed by atoms with Crippen molar-refractivity contribution in [2.75, 3.05) is 0 Å². The maximum absolute atomic E-state index is 9.63. The van der Waals surface area contributed by atoms with Crippen molar-refractivity contribution in [1.29, 1.82) is 0 Å². The summed E-state index contributed by atoms with van der Waals surface area (Å²) in [7, 11) is -10.1. The maximum Gasteiger partial charge on any atom is 1.00 e. The van der Waals surface area contributed by atoms with Crippen LogP contribution in [0.5, 0.6) is 0 Å². The van der Waals surface area contributed by atoms with Gasteiger partial charge in [0.05, 0.1) is 0 Å². The van der Waals surface area contributed by atoms with Crippen molar-refractivity contribution in [3.05, 3.63) is 0 Å². The molecule has 11 heteroatoms. The van der Waals surface area contributed by atoms with Gasteiger partial charge in [0.15, 0.2) is 0 Å². The second-order valence-corrected chi connectivity index (χ2v) is 3.68. The van der Waals surface area contributed by atoms with Gasteiger partial charge in [0.25, 0.3) is 0 Å². The van der Waals surface area contributed by atoms with Gasteiger partial charge in [-0.2, -0.15) is 4.31 Å². The molecular weight excluding hydrogens is 252 g/mol. The van der Waals surface area contributed by atoms with E-state index in [0.29, 0.717) is 0 Å². The zero-order valence-electron chi connectivity index (χ0n) is 6.29. The molecule has 7 nitrogen and oxygen atoms in total. The fourth-order valence-electron chi connectivity index (χ4n) is 0.139. The minimum atomic E-state index is -5.05. The summed E-state index contributed by atoms with van der Waals surface area (Å²) in [6.07, 6.45) is 0. The van der Waals surface area contributed by atoms with Crippen LogP contribution in [0.15, 0.2) is 0 Å². The van der Waals surface area contributed by atoms with Crippen molar-refractivity contribution in [3.8, 4) is 0 Å². The van der Waals surface area contributed by atoms with Crippen LogP contribution in [0, 0.1) is 0 Å². The van der Waals surface area contributed by atoms with Gasteiger partial charge in [-0.3, -0.25) is 0 Å². The normalized spacial score (nSPS) is 11.3. The van der Waals surface area contributed by atoms with E-state index in [9.17, 15) is 9.13 Å². The Labute approximate surface area is 96.3 Å². The summed E-state index contributed by atoms with van der Waals surface area (Å²) < 4.78 is 22.2. The molecule has 0 aliphatic rings. The van der Waals surface area contributed by atoms with Gasteiger partial charge in [-0.25, -0.2) is 9.13 Å². The van der Waals surface area contributed by atoms with Crippen LogP contribution in [0.3, 0.4) is 0 Å². The Bertz CT molecular complexity index is 162. The predicted octanol–water partition coefficient (Wildman–Crippen LogP) is -3.70. The van der Waals surface area contributed by atoms with Crippen molar-refractivity contribution in [3.63, 3.8) is 0 Å². The third-order valence-corrected chi connectivity index (χ3v) is 1.91. The number of rotatable bonds is 2. The molecule has 0 saturated heterocycles. The molecule has 0 spiro atoms. The smallest absolute Gasteiger partial charge is 1.00 e. The molecule has 0 heterocycles. The number of hydrogen-bond acceptors (Lipinski definition) is 3. The van der Waals surface area contributed by atoms with Crippen LogP contribution in [-0.2, 0) is 30.5 Å². The first-order valence-electron chi connectivity index (χ1n) is 1.53. The molecule has 0 aromatic rings. The van der Waals surface area contributed by atoms with E-state index in [-0.39, 0.29) is 48.1 Å². The van der Waals surface area contributed by atoms with Gasteiger partial charge < -0.3 is 21.0 Å². The quantitative estimate of drug-likeness (QED) is 0.296. The van der Waals surface area contributed by atoms with E-state index in [1.165, 1.54) is 0 Å². The van der Waals surface area contributed by atoms with Gasteiger partial charge in [0, 0.05) is 17.1 Å². The molecule has 0 rings (SSSR count). The molecule has 4 N–H and O–H groups in total. The Kier molecular flexibility index (Phi) is 10.6. The molecule has 0 bridgehead atoms. The van der Waals surface area contributed by atoms with Crippen LogP contribution < -0.4 is 29.6 Å². The zero-order chi connectivity index (χ0) is 7.71. The van der Waals surface area contributed by atoms with Crippen LogP contribution in [0.25, 0.3) is 0 Å². The Hall–Kier alpha value is 1.78. The predicted molar refractivity (Wildman–Crippen MR) is 26.3 cm³/mol. The summed E-state index contributed by atoms with van der Waals surface area (Å²) in [6.45, 7) is 0. The SMILES string of the molecule is O=P(O)(O)OP(=O)(O)O.[H-].[Mn].[Na+]. The van der Waals surface area contributed by atoms with Crippen molar-refractivity contribution >= 4 is 15.6 Å². The van der Waals surface area contributed by atoms with Crippen LogP contribution in [0.4, 0.5) is 0 Å². The summed E-state index contributed by atoms with van der Waals surface area (Å²) in [5.41, 5.74) is 0. The summed E-state index contributed by atoms with van der Waals surface area (Å²) >= 11 is 0. The van der Waals surface area contributed by atoms with E-state index in [4.69, 9.17) is 19.6 Å². The Balaban J connectivity index is -0.000000107. The molecule has 0 fully saturated rings. The average Bonchev–Trinajstić information content (AvgIpc) is 1.14. The van der Waals surface area contributed by atoms with Gasteiger partial charge in [-0.1, -0.05) is 0 Å². The first-order valence-corrected chi connectivity index (χ1v) is 4.59. The third-order valence-electron chi connectivity index (χ3n) is 0.213. The second kappa shape index (κ2) is 6.27. The molecule has 0 atom stereocenters. The summed E-state index contributed by atoms with van der Waals surface area (Å²) in [5, 5.41) is 0. The zero-order valence-corrected chi connectivity index (χ0v) is 10.3. The third kappa shape index (κ3) is 18.6. The van der Waals surface area contributed by atoms with Crippen molar-refractivity contribution < 1.29 is 81.1 Å². The van der Waals surface area contributed by atoms with Gasteiger partial charge >= 0.3 is 45.2 Å². The molecule has 65 valence electrons. The van der Waals surface area contributed by atoms with Crippen molar-refractivity contribution in [1.82, 2.24) is 0 Å². The molecule has 0 amide bonds. The van der Waals surface area contributed by atoms with Crippen LogP contribution in [0.2, 0.25) is 0 Å². The van der Waals surface area contributed by atoms with Crippen LogP contribution >= 0.6 is 15.6 Å². The number of hydrogen-bond donors (Lipinski definition) is 4. The van der Waals surface area contributed by atoms with Crippen LogP contribution in [-0.4, -0.2) is 19.6 Å². The first kappa shape index (κ1) is 18.5. The largest absolute Gasteiger partial charge is 1.00 e. The van der Waals surface area contributed by atoms with Crippen molar-refractivity contribution in [2.24, 2.45) is 0 Å². The molecule has 0 aliphatic carbocycles. The molecular formula is H5MnNaO7P2. The van der Waals surface area contributed by atoms with Gasteiger partial charge in [0.2, 0.25) is 0 Å². The van der Waals surface area contributed by atoms with Gasteiger partial charge in [-0.15, -0.1) is 0 Å². The Morgan fingerprint density at radius 2 is 1.18 bits per heavy atom. The monoisotopic (exact) mass is 257 g/mol. The van der Waals surface area contributed by atoms with E-state index in [1.54, 1.807) is 0 Å². The number of phosphoric acid groups is 2. The summed E-state index contributed by atoms with van der Waals surface area (Å²) in [6, 6.07) is 0. The van der Waals surface area contributed by atoms with E-state index in [1.807, 2.05) is 0 Å². The minimum absolute atomic E-state index is 0. The molecule has 1 radical (unpaired) electrons. The van der Waals surface area contributed by atoms with Crippen molar-refractivity contribution in [2.45, 2.75) is 0 Å². The molecule has 0 aromatic heterocycles. The second-order valence-electron chi connectivity index (χ2n) is 1.06. The van der Waals surface area contributed by atoms with Gasteiger partial charge in [-0.05, 0) is 0 Å². The van der Waals surface area contributed by atoms with Crippen LogP contribution in [0.1, 0.15) is 1.43 Å².